The van der Waals surface area contributed by atoms with Crippen LogP contribution in [0.1, 0.15) is 45.1 Å². The highest BCUT2D eigenvalue weighted by Gasteiger charge is 2.48. The summed E-state index contributed by atoms with van der Waals surface area (Å²) in [4.78, 5) is 12.5. The van der Waals surface area contributed by atoms with Crippen LogP contribution in [0, 0.1) is 5.41 Å². The monoisotopic (exact) mass is 296 g/mol. The van der Waals surface area contributed by atoms with Gasteiger partial charge in [0.1, 0.15) is 0 Å². The number of aliphatic hydroxyl groups excluding tert-OH is 1. The third-order valence-electron chi connectivity index (χ3n) is 5.44. The standard InChI is InChI=1S/C20H24O2/c1-3-16-13-20(12-15-8-5-4-6-9-15)17(14(2)19(16)22)10-7-11-18(20)21/h3-6,8-9,18,21H,7,10-13H2,1-2H3/t18-,20-/m0/s1. The van der Waals surface area contributed by atoms with Crippen molar-refractivity contribution in [1.82, 2.24) is 0 Å². The zero-order chi connectivity index (χ0) is 15.7. The number of carbonyl (C=O) groups is 1. The van der Waals surface area contributed by atoms with E-state index in [1.807, 2.05) is 38.1 Å². The van der Waals surface area contributed by atoms with Crippen molar-refractivity contribution in [3.8, 4) is 0 Å². The Balaban J connectivity index is 2.11. The number of fused-ring (bicyclic) bond motifs is 1. The Labute approximate surface area is 132 Å². The Kier molecular flexibility index (Phi) is 4.05. The minimum absolute atomic E-state index is 0.176. The molecule has 2 nitrogen and oxygen atoms in total. The molecule has 2 atom stereocenters. The molecule has 0 aliphatic heterocycles. The van der Waals surface area contributed by atoms with Crippen molar-refractivity contribution < 1.29 is 9.90 Å². The Bertz CT molecular complexity index is 639. The first-order valence-electron chi connectivity index (χ1n) is 8.20. The summed E-state index contributed by atoms with van der Waals surface area (Å²) in [6.07, 6.45) is 5.79. The topological polar surface area (TPSA) is 37.3 Å². The van der Waals surface area contributed by atoms with Crippen molar-refractivity contribution in [3.05, 3.63) is 58.7 Å². The largest absolute Gasteiger partial charge is 0.392 e. The first-order chi connectivity index (χ1) is 10.6. The van der Waals surface area contributed by atoms with Gasteiger partial charge >= 0.3 is 0 Å². The molecule has 0 bridgehead atoms. The van der Waals surface area contributed by atoms with Gasteiger partial charge in [0.25, 0.3) is 0 Å². The van der Waals surface area contributed by atoms with Gasteiger partial charge in [0.05, 0.1) is 6.10 Å². The van der Waals surface area contributed by atoms with Crippen LogP contribution in [-0.2, 0) is 11.2 Å². The smallest absolute Gasteiger partial charge is 0.184 e. The molecule has 0 aromatic heterocycles. The van der Waals surface area contributed by atoms with E-state index in [2.05, 4.69) is 12.1 Å². The third-order valence-corrected chi connectivity index (χ3v) is 5.44. The summed E-state index contributed by atoms with van der Waals surface area (Å²) in [5.41, 5.74) is 3.87. The highest BCUT2D eigenvalue weighted by Crippen LogP contribution is 2.52. The van der Waals surface area contributed by atoms with Crippen LogP contribution in [0.25, 0.3) is 0 Å². The second kappa shape index (κ2) is 5.85. The fourth-order valence-electron chi connectivity index (χ4n) is 4.26. The van der Waals surface area contributed by atoms with Crippen LogP contribution in [0.4, 0.5) is 0 Å². The van der Waals surface area contributed by atoms with Crippen molar-refractivity contribution in [3.63, 3.8) is 0 Å². The van der Waals surface area contributed by atoms with Gasteiger partial charge in [-0.15, -0.1) is 0 Å². The molecule has 1 aromatic rings. The lowest BCUT2D eigenvalue weighted by atomic mass is 9.57. The molecule has 1 aromatic carbocycles. The van der Waals surface area contributed by atoms with E-state index in [1.165, 1.54) is 11.1 Å². The molecule has 0 amide bonds. The lowest BCUT2D eigenvalue weighted by molar-refractivity contribution is -0.113. The van der Waals surface area contributed by atoms with Crippen LogP contribution in [0.15, 0.2) is 53.1 Å². The Morgan fingerprint density at radius 2 is 2.05 bits per heavy atom. The number of Topliss-reactive ketones (excluding diaryl/α,β-unsaturated/α-hetero) is 1. The summed E-state index contributed by atoms with van der Waals surface area (Å²) < 4.78 is 0. The molecule has 2 aliphatic rings. The first-order valence-corrected chi connectivity index (χ1v) is 8.20. The average Bonchev–Trinajstić information content (AvgIpc) is 2.54. The second-order valence-electron chi connectivity index (χ2n) is 6.65. The number of allylic oxidation sites excluding steroid dienone is 3. The van der Waals surface area contributed by atoms with Gasteiger partial charge in [-0.05, 0) is 62.7 Å². The van der Waals surface area contributed by atoms with Gasteiger partial charge in [0.15, 0.2) is 5.78 Å². The predicted octanol–water partition coefficient (Wildman–Crippen LogP) is 4.00. The number of rotatable bonds is 2. The number of aliphatic hydroxyl groups is 1. The van der Waals surface area contributed by atoms with Crippen molar-refractivity contribution in [2.45, 2.75) is 52.1 Å². The zero-order valence-electron chi connectivity index (χ0n) is 13.4. The number of carbonyl (C=O) groups excluding carboxylic acids is 1. The molecule has 0 radical (unpaired) electrons. The number of hydrogen-bond acceptors (Lipinski definition) is 2. The molecule has 2 aliphatic carbocycles. The third kappa shape index (κ3) is 2.36. The molecule has 2 heteroatoms. The number of ketones is 1. The second-order valence-corrected chi connectivity index (χ2v) is 6.65. The van der Waals surface area contributed by atoms with Crippen molar-refractivity contribution in [2.75, 3.05) is 0 Å². The molecular formula is C20H24O2. The van der Waals surface area contributed by atoms with E-state index < -0.39 is 0 Å². The average molecular weight is 296 g/mol. The van der Waals surface area contributed by atoms with Crippen molar-refractivity contribution in [1.29, 1.82) is 0 Å². The molecule has 116 valence electrons. The fraction of sp³-hybridized carbons (Fsp3) is 0.450. The van der Waals surface area contributed by atoms with Gasteiger partial charge in [-0.25, -0.2) is 0 Å². The van der Waals surface area contributed by atoms with E-state index in [-0.39, 0.29) is 17.3 Å². The molecular weight excluding hydrogens is 272 g/mol. The van der Waals surface area contributed by atoms with Crippen LogP contribution < -0.4 is 0 Å². The van der Waals surface area contributed by atoms with E-state index in [0.29, 0.717) is 6.42 Å². The van der Waals surface area contributed by atoms with Gasteiger partial charge in [0, 0.05) is 5.41 Å². The van der Waals surface area contributed by atoms with Gasteiger partial charge in [-0.2, -0.15) is 0 Å². The van der Waals surface area contributed by atoms with E-state index >= 15 is 0 Å². The van der Waals surface area contributed by atoms with E-state index in [9.17, 15) is 9.90 Å². The molecule has 3 rings (SSSR count). The van der Waals surface area contributed by atoms with Crippen LogP contribution >= 0.6 is 0 Å². The van der Waals surface area contributed by atoms with E-state index in [1.54, 1.807) is 0 Å². The van der Waals surface area contributed by atoms with Gasteiger partial charge in [-0.1, -0.05) is 42.0 Å². The first kappa shape index (κ1) is 15.2. The van der Waals surface area contributed by atoms with Gasteiger partial charge in [0.2, 0.25) is 0 Å². The van der Waals surface area contributed by atoms with Crippen LogP contribution in [0.2, 0.25) is 0 Å². The molecule has 0 saturated heterocycles. The van der Waals surface area contributed by atoms with Gasteiger partial charge in [-0.3, -0.25) is 4.79 Å². The molecule has 0 unspecified atom stereocenters. The minimum Gasteiger partial charge on any atom is -0.392 e. The van der Waals surface area contributed by atoms with Crippen LogP contribution in [0.5, 0.6) is 0 Å². The zero-order valence-corrected chi connectivity index (χ0v) is 13.4. The SMILES string of the molecule is CC=C1C[C@@]2(Cc3ccccc3)C(=C(C)C1=O)CCC[C@@H]2O. The Morgan fingerprint density at radius 3 is 2.73 bits per heavy atom. The highest BCUT2D eigenvalue weighted by atomic mass is 16.3. The molecule has 1 saturated carbocycles. The maximum Gasteiger partial charge on any atom is 0.184 e. The molecule has 22 heavy (non-hydrogen) atoms. The minimum atomic E-state index is -0.366. The number of benzene rings is 1. The lowest BCUT2D eigenvalue weighted by Crippen LogP contribution is -2.46. The Hall–Kier alpha value is -1.67. The van der Waals surface area contributed by atoms with E-state index in [4.69, 9.17) is 0 Å². The Morgan fingerprint density at radius 1 is 1.32 bits per heavy atom. The summed E-state index contributed by atoms with van der Waals surface area (Å²) in [5, 5.41) is 10.9. The molecule has 1 N–H and O–H groups in total. The van der Waals surface area contributed by atoms with E-state index in [0.717, 1.165) is 36.8 Å². The lowest BCUT2D eigenvalue weighted by Gasteiger charge is -2.47. The summed E-state index contributed by atoms with van der Waals surface area (Å²) in [5.74, 6) is 0.176. The summed E-state index contributed by atoms with van der Waals surface area (Å²) >= 11 is 0. The van der Waals surface area contributed by atoms with Crippen molar-refractivity contribution in [2.24, 2.45) is 5.41 Å². The summed E-state index contributed by atoms with van der Waals surface area (Å²) in [6, 6.07) is 10.3. The summed E-state index contributed by atoms with van der Waals surface area (Å²) in [7, 11) is 0. The quantitative estimate of drug-likeness (QED) is 0.838. The number of hydrogen-bond donors (Lipinski definition) is 1. The summed E-state index contributed by atoms with van der Waals surface area (Å²) in [6.45, 7) is 3.87. The normalized spacial score (nSPS) is 30.6. The van der Waals surface area contributed by atoms with Crippen LogP contribution in [-0.4, -0.2) is 17.0 Å². The van der Waals surface area contributed by atoms with Crippen LogP contribution in [0.3, 0.4) is 0 Å². The molecule has 0 spiro atoms. The highest BCUT2D eigenvalue weighted by molar-refractivity contribution is 6.09. The maximum absolute atomic E-state index is 12.5. The maximum atomic E-state index is 12.5. The molecule has 0 heterocycles. The fourth-order valence-corrected chi connectivity index (χ4v) is 4.26. The van der Waals surface area contributed by atoms with Gasteiger partial charge < -0.3 is 5.11 Å². The predicted molar refractivity (Wildman–Crippen MR) is 88.5 cm³/mol. The molecule has 1 fully saturated rings. The van der Waals surface area contributed by atoms with Crippen molar-refractivity contribution >= 4 is 5.78 Å².